The van der Waals surface area contributed by atoms with Crippen molar-refractivity contribution in [2.45, 2.75) is 12.5 Å². The van der Waals surface area contributed by atoms with Gasteiger partial charge in [-0.3, -0.25) is 4.98 Å². The summed E-state index contributed by atoms with van der Waals surface area (Å²) in [4.78, 5) is 4.43. The van der Waals surface area contributed by atoms with Crippen molar-refractivity contribution in [2.24, 2.45) is 5.92 Å². The predicted molar refractivity (Wildman–Crippen MR) is 72.5 cm³/mol. The number of benzene rings is 1. The number of rotatable bonds is 3. The molecular formula is C15H18N2O. The summed E-state index contributed by atoms with van der Waals surface area (Å²) in [5.41, 5.74) is 2.37. The van der Waals surface area contributed by atoms with E-state index in [-0.39, 0.29) is 0 Å². The average Bonchev–Trinajstić information content (AvgIpc) is 2.93. The Balaban J connectivity index is 1.96. The van der Waals surface area contributed by atoms with E-state index in [0.29, 0.717) is 12.0 Å². The van der Waals surface area contributed by atoms with Gasteiger partial charge in [0.15, 0.2) is 0 Å². The Morgan fingerprint density at radius 1 is 1.39 bits per heavy atom. The molecule has 2 aromatic rings. The van der Waals surface area contributed by atoms with Gasteiger partial charge in [-0.1, -0.05) is 18.2 Å². The van der Waals surface area contributed by atoms with Gasteiger partial charge in [0.2, 0.25) is 0 Å². The van der Waals surface area contributed by atoms with Crippen molar-refractivity contribution in [2.75, 3.05) is 20.3 Å². The SMILES string of the molecule is CNC(c1ccc2cccnc2c1)C1CCOC1. The third-order valence-electron chi connectivity index (χ3n) is 3.74. The zero-order valence-corrected chi connectivity index (χ0v) is 10.6. The first-order valence-electron chi connectivity index (χ1n) is 6.48. The zero-order valence-electron chi connectivity index (χ0n) is 10.6. The van der Waals surface area contributed by atoms with Crippen molar-refractivity contribution in [3.8, 4) is 0 Å². The largest absolute Gasteiger partial charge is 0.381 e. The number of nitrogens with zero attached hydrogens (tertiary/aromatic N) is 1. The second kappa shape index (κ2) is 5.04. The Bertz CT molecular complexity index is 535. The normalized spacial score (nSPS) is 21.3. The van der Waals surface area contributed by atoms with Crippen LogP contribution in [-0.4, -0.2) is 25.2 Å². The van der Waals surface area contributed by atoms with Gasteiger partial charge in [-0.15, -0.1) is 0 Å². The molecule has 1 aromatic carbocycles. The lowest BCUT2D eigenvalue weighted by Gasteiger charge is -2.22. The Morgan fingerprint density at radius 2 is 2.33 bits per heavy atom. The Labute approximate surface area is 107 Å². The van der Waals surface area contributed by atoms with Crippen molar-refractivity contribution in [3.63, 3.8) is 0 Å². The molecule has 94 valence electrons. The molecule has 0 saturated carbocycles. The van der Waals surface area contributed by atoms with Crippen LogP contribution in [0.4, 0.5) is 0 Å². The van der Waals surface area contributed by atoms with Crippen molar-refractivity contribution >= 4 is 10.9 Å². The van der Waals surface area contributed by atoms with E-state index in [4.69, 9.17) is 4.74 Å². The number of ether oxygens (including phenoxy) is 1. The molecule has 2 atom stereocenters. The van der Waals surface area contributed by atoms with Crippen molar-refractivity contribution in [1.29, 1.82) is 0 Å². The van der Waals surface area contributed by atoms with Crippen LogP contribution in [0.3, 0.4) is 0 Å². The number of fused-ring (bicyclic) bond motifs is 1. The van der Waals surface area contributed by atoms with Gasteiger partial charge in [-0.25, -0.2) is 0 Å². The smallest absolute Gasteiger partial charge is 0.0705 e. The van der Waals surface area contributed by atoms with Crippen LogP contribution in [0.1, 0.15) is 18.0 Å². The first-order chi connectivity index (χ1) is 8.88. The quantitative estimate of drug-likeness (QED) is 0.898. The molecule has 1 N–H and O–H groups in total. The minimum atomic E-state index is 0.360. The van der Waals surface area contributed by atoms with E-state index in [1.165, 1.54) is 10.9 Å². The summed E-state index contributed by atoms with van der Waals surface area (Å²) in [5.74, 6) is 0.566. The molecule has 2 heterocycles. The number of aromatic nitrogens is 1. The van der Waals surface area contributed by atoms with Crippen LogP contribution in [0, 0.1) is 5.92 Å². The molecule has 3 nitrogen and oxygen atoms in total. The maximum absolute atomic E-state index is 5.49. The maximum atomic E-state index is 5.49. The molecule has 18 heavy (non-hydrogen) atoms. The minimum Gasteiger partial charge on any atom is -0.381 e. The lowest BCUT2D eigenvalue weighted by molar-refractivity contribution is 0.178. The summed E-state index contributed by atoms with van der Waals surface area (Å²) in [7, 11) is 2.02. The molecule has 0 bridgehead atoms. The first-order valence-corrected chi connectivity index (χ1v) is 6.48. The van der Waals surface area contributed by atoms with E-state index < -0.39 is 0 Å². The van der Waals surface area contributed by atoms with Gasteiger partial charge in [0, 0.05) is 30.1 Å². The third kappa shape index (κ3) is 2.11. The van der Waals surface area contributed by atoms with Crippen LogP contribution in [0.15, 0.2) is 36.5 Å². The second-order valence-corrected chi connectivity index (χ2v) is 4.85. The molecule has 0 amide bonds. The van der Waals surface area contributed by atoms with Crippen LogP contribution in [-0.2, 0) is 4.74 Å². The lowest BCUT2D eigenvalue weighted by atomic mass is 9.92. The highest BCUT2D eigenvalue weighted by molar-refractivity contribution is 5.79. The summed E-state index contributed by atoms with van der Waals surface area (Å²) in [6, 6.07) is 11.0. The van der Waals surface area contributed by atoms with Gasteiger partial charge in [0.25, 0.3) is 0 Å². The van der Waals surface area contributed by atoms with Crippen LogP contribution in [0.2, 0.25) is 0 Å². The number of hydrogen-bond acceptors (Lipinski definition) is 3. The van der Waals surface area contributed by atoms with Gasteiger partial charge in [-0.2, -0.15) is 0 Å². The molecule has 1 aromatic heterocycles. The summed E-state index contributed by atoms with van der Waals surface area (Å²) in [6.45, 7) is 1.74. The summed E-state index contributed by atoms with van der Waals surface area (Å²) in [5, 5.41) is 4.61. The van der Waals surface area contributed by atoms with Crippen LogP contribution in [0.5, 0.6) is 0 Å². The fourth-order valence-electron chi connectivity index (χ4n) is 2.77. The molecule has 2 unspecified atom stereocenters. The molecule has 1 aliphatic heterocycles. The molecule has 0 aliphatic carbocycles. The van der Waals surface area contributed by atoms with E-state index in [2.05, 4.69) is 34.6 Å². The van der Waals surface area contributed by atoms with E-state index in [1.54, 1.807) is 0 Å². The van der Waals surface area contributed by atoms with Gasteiger partial charge in [0.05, 0.1) is 12.1 Å². The van der Waals surface area contributed by atoms with E-state index in [0.717, 1.165) is 25.2 Å². The second-order valence-electron chi connectivity index (χ2n) is 4.85. The van der Waals surface area contributed by atoms with Crippen molar-refractivity contribution in [3.05, 3.63) is 42.1 Å². The van der Waals surface area contributed by atoms with Gasteiger partial charge >= 0.3 is 0 Å². The first kappa shape index (κ1) is 11.6. The molecule has 0 spiro atoms. The third-order valence-corrected chi connectivity index (χ3v) is 3.74. The summed E-state index contributed by atoms with van der Waals surface area (Å²) in [6.07, 6.45) is 2.98. The van der Waals surface area contributed by atoms with Crippen LogP contribution < -0.4 is 5.32 Å². The Hall–Kier alpha value is -1.45. The van der Waals surface area contributed by atoms with Crippen molar-refractivity contribution in [1.82, 2.24) is 10.3 Å². The van der Waals surface area contributed by atoms with Gasteiger partial charge in [0.1, 0.15) is 0 Å². The van der Waals surface area contributed by atoms with Gasteiger partial charge < -0.3 is 10.1 Å². The molecule has 0 radical (unpaired) electrons. The van der Waals surface area contributed by atoms with Crippen LogP contribution in [0.25, 0.3) is 10.9 Å². The zero-order chi connectivity index (χ0) is 12.4. The number of hydrogen-bond donors (Lipinski definition) is 1. The number of nitrogens with one attached hydrogen (secondary N) is 1. The molecule has 3 rings (SSSR count). The number of pyridine rings is 1. The fourth-order valence-corrected chi connectivity index (χ4v) is 2.77. The topological polar surface area (TPSA) is 34.2 Å². The highest BCUT2D eigenvalue weighted by Crippen LogP contribution is 2.29. The molecule has 1 aliphatic rings. The van der Waals surface area contributed by atoms with Gasteiger partial charge in [-0.05, 0) is 31.2 Å². The molecule has 1 saturated heterocycles. The van der Waals surface area contributed by atoms with E-state index in [1.807, 2.05) is 19.3 Å². The Morgan fingerprint density at radius 3 is 3.11 bits per heavy atom. The maximum Gasteiger partial charge on any atom is 0.0705 e. The molecule has 3 heteroatoms. The van der Waals surface area contributed by atoms with E-state index in [9.17, 15) is 0 Å². The highest BCUT2D eigenvalue weighted by atomic mass is 16.5. The van der Waals surface area contributed by atoms with Crippen molar-refractivity contribution < 1.29 is 4.74 Å². The predicted octanol–water partition coefficient (Wildman–Crippen LogP) is 2.53. The highest BCUT2D eigenvalue weighted by Gasteiger charge is 2.25. The van der Waals surface area contributed by atoms with E-state index >= 15 is 0 Å². The standard InChI is InChI=1S/C15H18N2O/c1-16-15(13-6-8-18-10-13)12-5-4-11-3-2-7-17-14(11)9-12/h2-5,7,9,13,15-16H,6,8,10H2,1H3. The summed E-state index contributed by atoms with van der Waals surface area (Å²) < 4.78 is 5.49. The molecule has 1 fully saturated rings. The average molecular weight is 242 g/mol. The lowest BCUT2D eigenvalue weighted by Crippen LogP contribution is -2.25. The summed E-state index contributed by atoms with van der Waals surface area (Å²) >= 11 is 0. The monoisotopic (exact) mass is 242 g/mol. The van der Waals surface area contributed by atoms with Crippen LogP contribution >= 0.6 is 0 Å². The Kier molecular flexibility index (Phi) is 3.26. The minimum absolute atomic E-state index is 0.360. The fraction of sp³-hybridized carbons (Fsp3) is 0.400. The molecular weight excluding hydrogens is 224 g/mol.